The van der Waals surface area contributed by atoms with Crippen LogP contribution in [0.4, 0.5) is 0 Å². The molecule has 4 rings (SSSR count). The molecule has 0 N–H and O–H groups in total. The molecule has 0 spiro atoms. The van der Waals surface area contributed by atoms with E-state index in [0.717, 1.165) is 33.0 Å². The van der Waals surface area contributed by atoms with Crippen molar-refractivity contribution in [1.29, 1.82) is 0 Å². The van der Waals surface area contributed by atoms with Crippen LogP contribution >= 0.6 is 46.3 Å². The largest absolute Gasteiger partial charge is 0.486 e. The Hall–Kier alpha value is -2.06. The van der Waals surface area contributed by atoms with E-state index < -0.39 is 0 Å². The van der Waals surface area contributed by atoms with Gasteiger partial charge in [-0.3, -0.25) is 0 Å². The minimum atomic E-state index is 0.428. The first-order valence-electron chi connectivity index (χ1n) is 8.69. The molecule has 9 heteroatoms. The van der Waals surface area contributed by atoms with E-state index in [1.165, 1.54) is 0 Å². The molecule has 2 aromatic carbocycles. The van der Waals surface area contributed by atoms with Gasteiger partial charge in [-0.05, 0) is 36.4 Å². The molecule has 148 valence electrons. The van der Waals surface area contributed by atoms with Crippen LogP contribution < -0.4 is 4.74 Å². The Labute approximate surface area is 186 Å². The van der Waals surface area contributed by atoms with Gasteiger partial charge in [-0.15, -0.1) is 21.5 Å². The van der Waals surface area contributed by atoms with Crippen LogP contribution in [0.5, 0.6) is 5.75 Å². The molecule has 0 amide bonds. The molecule has 0 unspecified atom stereocenters. The number of hydrogen-bond donors (Lipinski definition) is 0. The Morgan fingerprint density at radius 2 is 1.86 bits per heavy atom. The van der Waals surface area contributed by atoms with E-state index in [-0.39, 0.29) is 0 Å². The highest BCUT2D eigenvalue weighted by Crippen LogP contribution is 2.29. The van der Waals surface area contributed by atoms with E-state index in [1.54, 1.807) is 35.2 Å². The lowest BCUT2D eigenvalue weighted by molar-refractivity contribution is 0.305. The molecule has 0 saturated heterocycles. The summed E-state index contributed by atoms with van der Waals surface area (Å²) in [6, 6.07) is 14.9. The van der Waals surface area contributed by atoms with Gasteiger partial charge in [-0.2, -0.15) is 0 Å². The third-order valence-electron chi connectivity index (χ3n) is 4.07. The summed E-state index contributed by atoms with van der Waals surface area (Å²) in [7, 11) is 1.94. The van der Waals surface area contributed by atoms with E-state index in [1.807, 2.05) is 53.4 Å². The van der Waals surface area contributed by atoms with Crippen molar-refractivity contribution in [2.45, 2.75) is 17.5 Å². The minimum absolute atomic E-state index is 0.428. The standard InChI is InChI=1S/C20H16Cl2N4OS2/c1-26-19(16-4-2-3-5-17(16)22)24-25-20(26)29-12-14-11-28-18(23-14)10-27-15-8-6-13(21)7-9-15/h2-9,11H,10,12H2,1H3. The molecule has 0 bridgehead atoms. The van der Waals surface area contributed by atoms with Gasteiger partial charge in [0.15, 0.2) is 11.0 Å². The normalized spacial score (nSPS) is 11.0. The van der Waals surface area contributed by atoms with Crippen molar-refractivity contribution in [3.63, 3.8) is 0 Å². The predicted molar refractivity (Wildman–Crippen MR) is 119 cm³/mol. The fourth-order valence-electron chi connectivity index (χ4n) is 2.61. The highest BCUT2D eigenvalue weighted by molar-refractivity contribution is 7.98. The summed E-state index contributed by atoms with van der Waals surface area (Å²) < 4.78 is 7.70. The third-order valence-corrected chi connectivity index (χ3v) is 6.58. The maximum absolute atomic E-state index is 6.28. The fourth-order valence-corrected chi connectivity index (χ4v) is 4.57. The molecule has 5 nitrogen and oxygen atoms in total. The zero-order chi connectivity index (χ0) is 20.2. The van der Waals surface area contributed by atoms with Gasteiger partial charge < -0.3 is 9.30 Å². The fraction of sp³-hybridized carbons (Fsp3) is 0.150. The molecule has 0 aliphatic carbocycles. The van der Waals surface area contributed by atoms with Crippen molar-refractivity contribution < 1.29 is 4.74 Å². The first kappa shape index (κ1) is 20.2. The van der Waals surface area contributed by atoms with Crippen LogP contribution in [0.25, 0.3) is 11.4 Å². The minimum Gasteiger partial charge on any atom is -0.486 e. The number of halogens is 2. The zero-order valence-electron chi connectivity index (χ0n) is 15.4. The molecule has 2 aromatic heterocycles. The molecule has 4 aromatic rings. The quantitative estimate of drug-likeness (QED) is 0.309. The Morgan fingerprint density at radius 3 is 2.66 bits per heavy atom. The summed E-state index contributed by atoms with van der Waals surface area (Å²) in [6.07, 6.45) is 0. The Kier molecular flexibility index (Phi) is 6.40. The van der Waals surface area contributed by atoms with Crippen molar-refractivity contribution in [1.82, 2.24) is 19.7 Å². The number of ether oxygens (including phenoxy) is 1. The topological polar surface area (TPSA) is 52.8 Å². The average molecular weight is 463 g/mol. The Morgan fingerprint density at radius 1 is 1.07 bits per heavy atom. The van der Waals surface area contributed by atoms with Crippen molar-refractivity contribution in [3.05, 3.63) is 74.7 Å². The SMILES string of the molecule is Cn1c(SCc2csc(COc3ccc(Cl)cc3)n2)nnc1-c1ccccc1Cl. The molecule has 2 heterocycles. The second kappa shape index (κ2) is 9.17. The van der Waals surface area contributed by atoms with E-state index in [4.69, 9.17) is 27.9 Å². The van der Waals surface area contributed by atoms with E-state index in [0.29, 0.717) is 22.4 Å². The van der Waals surface area contributed by atoms with E-state index >= 15 is 0 Å². The molecule has 0 radical (unpaired) electrons. The zero-order valence-corrected chi connectivity index (χ0v) is 18.5. The average Bonchev–Trinajstić information content (AvgIpc) is 3.33. The smallest absolute Gasteiger partial charge is 0.191 e. The number of rotatable bonds is 7. The first-order chi connectivity index (χ1) is 14.1. The van der Waals surface area contributed by atoms with Gasteiger partial charge in [0.25, 0.3) is 0 Å². The van der Waals surface area contributed by atoms with E-state index in [9.17, 15) is 0 Å². The molecule has 29 heavy (non-hydrogen) atoms. The predicted octanol–water partition coefficient (Wildman–Crippen LogP) is 6.12. The number of benzene rings is 2. The van der Waals surface area contributed by atoms with Crippen molar-refractivity contribution >= 4 is 46.3 Å². The van der Waals surface area contributed by atoms with Crippen molar-refractivity contribution in [2.75, 3.05) is 0 Å². The van der Waals surface area contributed by atoms with Crippen LogP contribution in [-0.4, -0.2) is 19.7 Å². The van der Waals surface area contributed by atoms with Gasteiger partial charge in [0.1, 0.15) is 17.4 Å². The summed E-state index contributed by atoms with van der Waals surface area (Å²) >= 11 is 15.3. The molecule has 0 aliphatic heterocycles. The number of aromatic nitrogens is 4. The number of nitrogens with zero attached hydrogens (tertiary/aromatic N) is 4. The third kappa shape index (κ3) is 4.93. The van der Waals surface area contributed by atoms with Crippen molar-refractivity contribution in [2.24, 2.45) is 7.05 Å². The monoisotopic (exact) mass is 462 g/mol. The number of thiazole rings is 1. The maximum atomic E-state index is 6.28. The summed E-state index contributed by atoms with van der Waals surface area (Å²) in [5.74, 6) is 2.21. The van der Waals surface area contributed by atoms with Crippen molar-refractivity contribution in [3.8, 4) is 17.1 Å². The lowest BCUT2D eigenvalue weighted by Crippen LogP contribution is -1.96. The Balaban J connectivity index is 1.36. The summed E-state index contributed by atoms with van der Waals surface area (Å²) in [5.41, 5.74) is 1.85. The molecular weight excluding hydrogens is 447 g/mol. The van der Waals surface area contributed by atoms with Crippen LogP contribution in [0.1, 0.15) is 10.7 Å². The highest BCUT2D eigenvalue weighted by atomic mass is 35.5. The molecule has 0 aliphatic rings. The summed E-state index contributed by atoms with van der Waals surface area (Å²) in [5, 5.41) is 13.7. The van der Waals surface area contributed by atoms with Crippen LogP contribution in [0.15, 0.2) is 59.1 Å². The lowest BCUT2D eigenvalue weighted by atomic mass is 10.2. The van der Waals surface area contributed by atoms with Gasteiger partial charge in [0, 0.05) is 28.8 Å². The second-order valence-corrected chi connectivity index (χ2v) is 8.84. The van der Waals surface area contributed by atoms with Crippen LogP contribution in [0.3, 0.4) is 0 Å². The van der Waals surface area contributed by atoms with Crippen LogP contribution in [-0.2, 0) is 19.4 Å². The number of thioether (sulfide) groups is 1. The second-order valence-electron chi connectivity index (χ2n) is 6.11. The van der Waals surface area contributed by atoms with Gasteiger partial charge in [-0.25, -0.2) is 4.98 Å². The molecule has 0 saturated carbocycles. The Bertz CT molecular complexity index is 1110. The summed E-state index contributed by atoms with van der Waals surface area (Å²) in [6.45, 7) is 0.428. The molecular formula is C20H16Cl2N4OS2. The lowest BCUT2D eigenvalue weighted by Gasteiger charge is -2.05. The first-order valence-corrected chi connectivity index (χ1v) is 11.3. The van der Waals surface area contributed by atoms with Gasteiger partial charge >= 0.3 is 0 Å². The maximum Gasteiger partial charge on any atom is 0.191 e. The number of hydrogen-bond acceptors (Lipinski definition) is 6. The van der Waals surface area contributed by atoms with Gasteiger partial charge in [-0.1, -0.05) is 47.1 Å². The highest BCUT2D eigenvalue weighted by Gasteiger charge is 2.14. The summed E-state index contributed by atoms with van der Waals surface area (Å²) in [4.78, 5) is 4.63. The van der Waals surface area contributed by atoms with Crippen LogP contribution in [0.2, 0.25) is 10.0 Å². The van der Waals surface area contributed by atoms with E-state index in [2.05, 4.69) is 15.2 Å². The van der Waals surface area contributed by atoms with Crippen LogP contribution in [0, 0.1) is 0 Å². The van der Waals surface area contributed by atoms with Gasteiger partial charge in [0.05, 0.1) is 10.7 Å². The molecule has 0 fully saturated rings. The molecule has 0 atom stereocenters. The van der Waals surface area contributed by atoms with Gasteiger partial charge in [0.2, 0.25) is 0 Å².